The van der Waals surface area contributed by atoms with Crippen LogP contribution >= 0.6 is 0 Å². The van der Waals surface area contributed by atoms with Gasteiger partial charge in [0, 0.05) is 18.2 Å². The summed E-state index contributed by atoms with van der Waals surface area (Å²) >= 11 is 0. The van der Waals surface area contributed by atoms with Crippen LogP contribution in [0.4, 0.5) is 11.4 Å². The van der Waals surface area contributed by atoms with Gasteiger partial charge in [-0.1, -0.05) is 29.0 Å². The molecular formula is C22H18N6O4. The monoisotopic (exact) mass is 430 g/mol. The minimum Gasteiger partial charge on any atom is -0.439 e. The van der Waals surface area contributed by atoms with Crippen LogP contribution in [0, 0.1) is 24.0 Å². The van der Waals surface area contributed by atoms with Gasteiger partial charge in [0.25, 0.3) is 11.6 Å². The zero-order valence-electron chi connectivity index (χ0n) is 17.2. The van der Waals surface area contributed by atoms with Crippen molar-refractivity contribution in [1.29, 1.82) is 0 Å². The van der Waals surface area contributed by atoms with Gasteiger partial charge >= 0.3 is 0 Å². The highest BCUT2D eigenvalue weighted by Gasteiger charge is 2.19. The summed E-state index contributed by atoms with van der Waals surface area (Å²) in [4.78, 5) is 27.4. The first-order chi connectivity index (χ1) is 15.4. The quantitative estimate of drug-likeness (QED) is 0.358. The normalized spacial score (nSPS) is 10.6. The largest absolute Gasteiger partial charge is 0.439 e. The first-order valence-corrected chi connectivity index (χ1v) is 9.60. The van der Waals surface area contributed by atoms with Crippen LogP contribution in [0.5, 0.6) is 11.6 Å². The molecule has 2 aromatic heterocycles. The number of hydrogen-bond donors (Lipinski definition) is 1. The van der Waals surface area contributed by atoms with Crippen molar-refractivity contribution in [3.05, 3.63) is 93.9 Å². The number of carbonyl (C=O) groups is 1. The van der Waals surface area contributed by atoms with Crippen LogP contribution in [0.3, 0.4) is 0 Å². The Balaban J connectivity index is 1.47. The smallest absolute Gasteiger partial charge is 0.278 e. The first-order valence-electron chi connectivity index (χ1n) is 9.60. The molecule has 10 nitrogen and oxygen atoms in total. The Morgan fingerprint density at radius 2 is 1.88 bits per heavy atom. The number of aromatic nitrogens is 4. The summed E-state index contributed by atoms with van der Waals surface area (Å²) < 4.78 is 7.05. The standard InChI is InChI=1S/C22H18N6O4/c1-14-6-9-19(10-7-14)32-20-11-8-16(13-23-20)24-22(29)21-15(2)27(26-25-21)17-4-3-5-18(12-17)28(30)31/h3-13H,1-2H3,(H,24,29). The van der Waals surface area contributed by atoms with Gasteiger partial charge in [-0.05, 0) is 38.1 Å². The van der Waals surface area contributed by atoms with E-state index in [1.807, 2.05) is 31.2 Å². The number of ether oxygens (including phenoxy) is 1. The number of hydrogen-bond acceptors (Lipinski definition) is 7. The van der Waals surface area contributed by atoms with E-state index in [0.717, 1.165) is 5.56 Å². The molecule has 160 valence electrons. The highest BCUT2D eigenvalue weighted by atomic mass is 16.6. The molecule has 0 saturated carbocycles. The lowest BCUT2D eigenvalue weighted by Gasteiger charge is -2.07. The van der Waals surface area contributed by atoms with E-state index in [9.17, 15) is 14.9 Å². The zero-order valence-corrected chi connectivity index (χ0v) is 17.2. The van der Waals surface area contributed by atoms with Gasteiger partial charge in [-0.3, -0.25) is 14.9 Å². The second-order valence-corrected chi connectivity index (χ2v) is 6.97. The number of non-ortho nitro benzene ring substituents is 1. The fourth-order valence-electron chi connectivity index (χ4n) is 2.95. The summed E-state index contributed by atoms with van der Waals surface area (Å²) in [5.41, 5.74) is 2.47. The molecular weight excluding hydrogens is 412 g/mol. The van der Waals surface area contributed by atoms with Crippen LogP contribution in [-0.2, 0) is 0 Å². The molecule has 1 N–H and O–H groups in total. The van der Waals surface area contributed by atoms with E-state index in [1.165, 1.54) is 23.0 Å². The van der Waals surface area contributed by atoms with Crippen LogP contribution < -0.4 is 10.1 Å². The van der Waals surface area contributed by atoms with Gasteiger partial charge in [0.2, 0.25) is 5.88 Å². The second kappa shape index (κ2) is 8.64. The fourth-order valence-corrected chi connectivity index (χ4v) is 2.95. The third-order valence-electron chi connectivity index (χ3n) is 4.63. The number of pyridine rings is 1. The Kier molecular flexibility index (Phi) is 5.58. The van der Waals surface area contributed by atoms with Gasteiger partial charge in [-0.15, -0.1) is 5.10 Å². The number of amides is 1. The van der Waals surface area contributed by atoms with E-state index in [0.29, 0.717) is 28.7 Å². The number of anilines is 1. The third-order valence-corrected chi connectivity index (χ3v) is 4.63. The highest BCUT2D eigenvalue weighted by Crippen LogP contribution is 2.22. The number of nitrogens with one attached hydrogen (secondary N) is 1. The van der Waals surface area contributed by atoms with E-state index in [4.69, 9.17) is 4.74 Å². The van der Waals surface area contributed by atoms with Crippen molar-refractivity contribution >= 4 is 17.3 Å². The Hall–Kier alpha value is -4.60. The maximum Gasteiger partial charge on any atom is 0.278 e. The average molecular weight is 430 g/mol. The van der Waals surface area contributed by atoms with E-state index in [2.05, 4.69) is 20.6 Å². The molecule has 4 rings (SSSR count). The fraction of sp³-hybridized carbons (Fsp3) is 0.0909. The number of rotatable bonds is 6. The van der Waals surface area contributed by atoms with Gasteiger partial charge < -0.3 is 10.1 Å². The van der Waals surface area contributed by atoms with Crippen LogP contribution in [-0.4, -0.2) is 30.8 Å². The molecule has 10 heteroatoms. The van der Waals surface area contributed by atoms with Gasteiger partial charge in [0.1, 0.15) is 5.75 Å². The molecule has 0 unspecified atom stereocenters. The minimum atomic E-state index is -0.497. The molecule has 0 fully saturated rings. The molecule has 0 atom stereocenters. The molecule has 0 aliphatic carbocycles. The number of nitro benzene ring substituents is 1. The SMILES string of the molecule is Cc1ccc(Oc2ccc(NC(=O)c3nnn(-c4cccc([N+](=O)[O-])c4)c3C)cn2)cc1. The number of benzene rings is 2. The topological polar surface area (TPSA) is 125 Å². The number of carbonyl (C=O) groups excluding carboxylic acids is 1. The summed E-state index contributed by atoms with van der Waals surface area (Å²) in [5, 5.41) is 21.6. The predicted molar refractivity (Wildman–Crippen MR) is 116 cm³/mol. The minimum absolute atomic E-state index is 0.0811. The molecule has 0 saturated heterocycles. The van der Waals surface area contributed by atoms with Crippen LogP contribution in [0.2, 0.25) is 0 Å². The van der Waals surface area contributed by atoms with Gasteiger partial charge in [0.05, 0.1) is 28.2 Å². The van der Waals surface area contributed by atoms with Crippen LogP contribution in [0.1, 0.15) is 21.7 Å². The molecule has 0 bridgehead atoms. The molecule has 0 radical (unpaired) electrons. The van der Waals surface area contributed by atoms with E-state index >= 15 is 0 Å². The van der Waals surface area contributed by atoms with Crippen LogP contribution in [0.25, 0.3) is 5.69 Å². The Morgan fingerprint density at radius 1 is 1.09 bits per heavy atom. The molecule has 0 spiro atoms. The molecule has 0 aliphatic heterocycles. The average Bonchev–Trinajstić information content (AvgIpc) is 3.18. The Morgan fingerprint density at radius 3 is 2.56 bits per heavy atom. The van der Waals surface area contributed by atoms with Gasteiger partial charge in [0.15, 0.2) is 5.69 Å². The molecule has 4 aromatic rings. The van der Waals surface area contributed by atoms with Crippen molar-refractivity contribution in [2.75, 3.05) is 5.32 Å². The van der Waals surface area contributed by atoms with E-state index < -0.39 is 10.8 Å². The maximum atomic E-state index is 12.7. The lowest BCUT2D eigenvalue weighted by Crippen LogP contribution is -2.14. The van der Waals surface area contributed by atoms with Crippen molar-refractivity contribution in [3.63, 3.8) is 0 Å². The molecule has 0 aliphatic rings. The van der Waals surface area contributed by atoms with Crippen molar-refractivity contribution in [1.82, 2.24) is 20.0 Å². The van der Waals surface area contributed by atoms with E-state index in [1.54, 1.807) is 31.2 Å². The van der Waals surface area contributed by atoms with Crippen molar-refractivity contribution < 1.29 is 14.5 Å². The third kappa shape index (κ3) is 4.43. The molecule has 2 aromatic carbocycles. The molecule has 32 heavy (non-hydrogen) atoms. The molecule has 2 heterocycles. The summed E-state index contributed by atoms with van der Waals surface area (Å²) in [6.45, 7) is 3.65. The van der Waals surface area contributed by atoms with Crippen molar-refractivity contribution in [2.45, 2.75) is 13.8 Å². The second-order valence-electron chi connectivity index (χ2n) is 6.97. The first kappa shape index (κ1) is 20.7. The van der Waals surface area contributed by atoms with Gasteiger partial charge in [-0.25, -0.2) is 9.67 Å². The summed E-state index contributed by atoms with van der Waals surface area (Å²) in [7, 11) is 0. The summed E-state index contributed by atoms with van der Waals surface area (Å²) in [6, 6.07) is 16.8. The van der Waals surface area contributed by atoms with Crippen molar-refractivity contribution in [3.8, 4) is 17.3 Å². The Labute approximate surface area is 182 Å². The number of aryl methyl sites for hydroxylation is 1. The summed E-state index contributed by atoms with van der Waals surface area (Å²) in [5.74, 6) is 0.570. The Bertz CT molecular complexity index is 1280. The predicted octanol–water partition coefficient (Wildman–Crippen LogP) is 4.23. The maximum absolute atomic E-state index is 12.7. The lowest BCUT2D eigenvalue weighted by molar-refractivity contribution is -0.384. The lowest BCUT2D eigenvalue weighted by atomic mass is 10.2. The summed E-state index contributed by atoms with van der Waals surface area (Å²) in [6.07, 6.45) is 1.47. The molecule has 1 amide bonds. The highest BCUT2D eigenvalue weighted by molar-refractivity contribution is 6.03. The van der Waals surface area contributed by atoms with Crippen LogP contribution in [0.15, 0.2) is 66.9 Å². The number of nitrogens with zero attached hydrogens (tertiary/aromatic N) is 5. The zero-order chi connectivity index (χ0) is 22.7. The van der Waals surface area contributed by atoms with Gasteiger partial charge in [-0.2, -0.15) is 0 Å². The number of nitro groups is 1. The van der Waals surface area contributed by atoms with Crippen molar-refractivity contribution in [2.24, 2.45) is 0 Å². The van der Waals surface area contributed by atoms with E-state index in [-0.39, 0.29) is 11.4 Å².